The Bertz CT molecular complexity index is 1410. The molecule has 9 heteroatoms. The lowest BCUT2D eigenvalue weighted by atomic mass is 10.1. The smallest absolute Gasteiger partial charge is 0.264 e. The molecule has 0 fully saturated rings. The van der Waals surface area contributed by atoms with Crippen molar-refractivity contribution < 1.29 is 18.0 Å². The number of halogens is 1. The highest BCUT2D eigenvalue weighted by Crippen LogP contribution is 2.27. The first kappa shape index (κ1) is 31.4. The average Bonchev–Trinajstić information content (AvgIpc) is 2.92. The Labute approximate surface area is 246 Å². The van der Waals surface area contributed by atoms with E-state index >= 15 is 0 Å². The van der Waals surface area contributed by atoms with Crippen LogP contribution >= 0.6 is 15.9 Å². The summed E-state index contributed by atoms with van der Waals surface area (Å²) in [6, 6.07) is 20.2. The summed E-state index contributed by atoms with van der Waals surface area (Å²) in [7, 11) is -4.10. The second-order valence-corrected chi connectivity index (χ2v) is 13.1. The van der Waals surface area contributed by atoms with Crippen molar-refractivity contribution in [1.82, 2.24) is 10.2 Å². The van der Waals surface area contributed by atoms with Crippen LogP contribution in [0.15, 0.2) is 82.2 Å². The SMILES string of the molecule is CC[C@@H](C(=O)NCC(C)C)N(Cc1ccccc1C)C(=O)CN(c1ccc(Br)cc1)S(=O)(=O)c1ccc(C)cc1. The fourth-order valence-electron chi connectivity index (χ4n) is 4.29. The first-order valence-electron chi connectivity index (χ1n) is 13.4. The van der Waals surface area contributed by atoms with E-state index < -0.39 is 28.5 Å². The van der Waals surface area contributed by atoms with Crippen molar-refractivity contribution in [3.8, 4) is 0 Å². The van der Waals surface area contributed by atoms with E-state index in [1.165, 1.54) is 4.90 Å². The van der Waals surface area contributed by atoms with Gasteiger partial charge in [0.15, 0.2) is 0 Å². The van der Waals surface area contributed by atoms with Crippen LogP contribution in [0.25, 0.3) is 0 Å². The van der Waals surface area contributed by atoms with E-state index in [-0.39, 0.29) is 23.3 Å². The molecule has 0 bridgehead atoms. The minimum absolute atomic E-state index is 0.0843. The molecule has 0 unspecified atom stereocenters. The van der Waals surface area contributed by atoms with Gasteiger partial charge in [0, 0.05) is 17.6 Å². The summed E-state index contributed by atoms with van der Waals surface area (Å²) in [5, 5.41) is 2.95. The van der Waals surface area contributed by atoms with Crippen LogP contribution in [0, 0.1) is 19.8 Å². The molecule has 0 radical (unpaired) electrons. The number of carbonyl (C=O) groups excluding carboxylic acids is 2. The molecule has 0 aliphatic heterocycles. The minimum atomic E-state index is -4.10. The fourth-order valence-corrected chi connectivity index (χ4v) is 5.97. The molecule has 0 aromatic heterocycles. The minimum Gasteiger partial charge on any atom is -0.354 e. The standard InChI is InChI=1S/C31H38BrN3O4S/c1-6-29(31(37)33-19-22(2)3)34(20-25-10-8-7-9-24(25)5)30(36)21-35(27-15-13-26(32)14-16-27)40(38,39)28-17-11-23(4)12-18-28/h7-18,22,29H,6,19-21H2,1-5H3,(H,33,37)/t29-/m0/s1. The molecule has 1 atom stereocenters. The quantitative estimate of drug-likeness (QED) is 0.273. The third-order valence-corrected chi connectivity index (χ3v) is 8.99. The summed E-state index contributed by atoms with van der Waals surface area (Å²) in [6.07, 6.45) is 0.380. The number of benzene rings is 3. The van der Waals surface area contributed by atoms with Gasteiger partial charge in [0.1, 0.15) is 12.6 Å². The van der Waals surface area contributed by atoms with Gasteiger partial charge in [0.25, 0.3) is 10.0 Å². The molecule has 40 heavy (non-hydrogen) atoms. The third kappa shape index (κ3) is 7.95. The van der Waals surface area contributed by atoms with Gasteiger partial charge in [-0.15, -0.1) is 0 Å². The molecule has 0 heterocycles. The molecule has 3 rings (SSSR count). The van der Waals surface area contributed by atoms with E-state index in [1.54, 1.807) is 48.5 Å². The van der Waals surface area contributed by atoms with Crippen molar-refractivity contribution in [1.29, 1.82) is 0 Å². The zero-order valence-corrected chi connectivity index (χ0v) is 26.1. The van der Waals surface area contributed by atoms with Gasteiger partial charge >= 0.3 is 0 Å². The molecule has 3 aromatic carbocycles. The molecular formula is C31H38BrN3O4S. The van der Waals surface area contributed by atoms with E-state index in [0.29, 0.717) is 18.7 Å². The van der Waals surface area contributed by atoms with Crippen LogP contribution in [0.3, 0.4) is 0 Å². The number of rotatable bonds is 12. The van der Waals surface area contributed by atoms with Gasteiger partial charge in [-0.05, 0) is 73.7 Å². The maximum Gasteiger partial charge on any atom is 0.264 e. The molecule has 0 saturated heterocycles. The molecule has 1 N–H and O–H groups in total. The molecule has 214 valence electrons. The molecule has 0 aliphatic rings. The normalized spacial score (nSPS) is 12.2. The Kier molecular flexibility index (Phi) is 10.9. The summed E-state index contributed by atoms with van der Waals surface area (Å²) < 4.78 is 29.7. The first-order valence-corrected chi connectivity index (χ1v) is 15.6. The zero-order valence-electron chi connectivity index (χ0n) is 23.7. The highest BCUT2D eigenvalue weighted by atomic mass is 79.9. The van der Waals surface area contributed by atoms with Gasteiger partial charge in [0.05, 0.1) is 10.6 Å². The van der Waals surface area contributed by atoms with E-state index in [2.05, 4.69) is 21.2 Å². The van der Waals surface area contributed by atoms with Gasteiger partial charge in [-0.2, -0.15) is 0 Å². The van der Waals surface area contributed by atoms with Crippen LogP contribution in [-0.2, 0) is 26.2 Å². The number of nitrogens with zero attached hydrogens (tertiary/aromatic N) is 2. The van der Waals surface area contributed by atoms with E-state index in [4.69, 9.17) is 0 Å². The largest absolute Gasteiger partial charge is 0.354 e. The molecule has 0 aliphatic carbocycles. The van der Waals surface area contributed by atoms with Gasteiger partial charge in [-0.25, -0.2) is 8.42 Å². The zero-order chi connectivity index (χ0) is 29.4. The lowest BCUT2D eigenvalue weighted by molar-refractivity contribution is -0.140. The highest BCUT2D eigenvalue weighted by molar-refractivity contribution is 9.10. The number of nitrogens with one attached hydrogen (secondary N) is 1. The summed E-state index contributed by atoms with van der Waals surface area (Å²) >= 11 is 3.40. The molecule has 2 amide bonds. The Morgan fingerprint density at radius 3 is 2.12 bits per heavy atom. The maximum atomic E-state index is 14.1. The lowest BCUT2D eigenvalue weighted by Crippen LogP contribution is -2.52. The van der Waals surface area contributed by atoms with Crippen LogP contribution < -0.4 is 9.62 Å². The van der Waals surface area contributed by atoms with Crippen LogP contribution in [0.4, 0.5) is 5.69 Å². The van der Waals surface area contributed by atoms with Crippen molar-refractivity contribution in [3.63, 3.8) is 0 Å². The monoisotopic (exact) mass is 627 g/mol. The molecule has 7 nitrogen and oxygen atoms in total. The van der Waals surface area contributed by atoms with Gasteiger partial charge in [-0.1, -0.05) is 78.7 Å². The Morgan fingerprint density at radius 1 is 0.925 bits per heavy atom. The number of carbonyl (C=O) groups is 2. The number of amides is 2. The predicted octanol–water partition coefficient (Wildman–Crippen LogP) is 5.84. The Balaban J connectivity index is 2.05. The third-order valence-electron chi connectivity index (χ3n) is 6.67. The van der Waals surface area contributed by atoms with Crippen molar-refractivity contribution in [3.05, 3.63) is 94.0 Å². The number of hydrogen-bond donors (Lipinski definition) is 1. The van der Waals surface area contributed by atoms with Gasteiger partial charge in [0.2, 0.25) is 11.8 Å². The Morgan fingerprint density at radius 2 is 1.55 bits per heavy atom. The average molecular weight is 629 g/mol. The van der Waals surface area contributed by atoms with Crippen LogP contribution in [0.1, 0.15) is 43.9 Å². The number of aryl methyl sites for hydroxylation is 2. The molecule has 0 spiro atoms. The summed E-state index contributed by atoms with van der Waals surface area (Å²) in [5.74, 6) is -0.474. The van der Waals surface area contributed by atoms with Gasteiger partial charge in [-0.3, -0.25) is 13.9 Å². The van der Waals surface area contributed by atoms with Crippen molar-refractivity contribution in [2.45, 2.75) is 58.5 Å². The molecular weight excluding hydrogens is 590 g/mol. The van der Waals surface area contributed by atoms with Crippen LogP contribution in [0.2, 0.25) is 0 Å². The van der Waals surface area contributed by atoms with E-state index in [0.717, 1.165) is 25.5 Å². The van der Waals surface area contributed by atoms with Crippen LogP contribution in [-0.4, -0.2) is 44.3 Å². The second-order valence-electron chi connectivity index (χ2n) is 10.3. The summed E-state index contributed by atoms with van der Waals surface area (Å²) in [5.41, 5.74) is 3.15. The number of hydrogen-bond acceptors (Lipinski definition) is 4. The number of sulfonamides is 1. The fraction of sp³-hybridized carbons (Fsp3) is 0.355. The van der Waals surface area contributed by atoms with E-state index in [1.807, 2.05) is 58.9 Å². The summed E-state index contributed by atoms with van der Waals surface area (Å²) in [4.78, 5) is 29.0. The highest BCUT2D eigenvalue weighted by Gasteiger charge is 2.33. The van der Waals surface area contributed by atoms with Crippen molar-refractivity contribution in [2.75, 3.05) is 17.4 Å². The molecule has 3 aromatic rings. The molecule has 0 saturated carbocycles. The topological polar surface area (TPSA) is 86.8 Å². The predicted molar refractivity (Wildman–Crippen MR) is 164 cm³/mol. The maximum absolute atomic E-state index is 14.1. The van der Waals surface area contributed by atoms with E-state index in [9.17, 15) is 18.0 Å². The lowest BCUT2D eigenvalue weighted by Gasteiger charge is -2.33. The van der Waals surface area contributed by atoms with Crippen molar-refractivity contribution in [2.24, 2.45) is 5.92 Å². The van der Waals surface area contributed by atoms with Crippen LogP contribution in [0.5, 0.6) is 0 Å². The Hall–Kier alpha value is -3.17. The summed E-state index contributed by atoms with van der Waals surface area (Å²) in [6.45, 7) is 9.89. The first-order chi connectivity index (χ1) is 18.9. The van der Waals surface area contributed by atoms with Gasteiger partial charge < -0.3 is 10.2 Å². The second kappa shape index (κ2) is 13.9. The number of anilines is 1. The van der Waals surface area contributed by atoms with Crippen molar-refractivity contribution >= 4 is 43.5 Å².